The van der Waals surface area contributed by atoms with E-state index in [4.69, 9.17) is 5.11 Å². The first-order valence-corrected chi connectivity index (χ1v) is 4.13. The van der Waals surface area contributed by atoms with Gasteiger partial charge in [0.1, 0.15) is 0 Å². The standard InChI is InChI=1S/C6H11NO2.C2H6/c1-5(8)7-3-2-6(9)4-7;1-2/h6,9H,2-4H2,1H3;1-2H3/t6-;/m0./s1. The van der Waals surface area contributed by atoms with Gasteiger partial charge in [-0.15, -0.1) is 0 Å². The first-order chi connectivity index (χ1) is 5.20. The molecule has 0 bridgehead atoms. The zero-order valence-electron chi connectivity index (χ0n) is 7.50. The number of nitrogens with zero attached hydrogens (tertiary/aromatic N) is 1. The molecule has 0 spiro atoms. The maximum Gasteiger partial charge on any atom is 0.219 e. The van der Waals surface area contributed by atoms with Crippen molar-refractivity contribution in [1.82, 2.24) is 4.90 Å². The Hall–Kier alpha value is -0.570. The lowest BCUT2D eigenvalue weighted by molar-refractivity contribution is -0.128. The number of carbonyl (C=O) groups excluding carboxylic acids is 1. The van der Waals surface area contributed by atoms with Gasteiger partial charge in [-0.3, -0.25) is 4.79 Å². The zero-order chi connectivity index (χ0) is 8.85. The number of likely N-dealkylation sites (tertiary alicyclic amines) is 1. The summed E-state index contributed by atoms with van der Waals surface area (Å²) < 4.78 is 0. The molecule has 1 atom stereocenters. The number of hydrogen-bond donors (Lipinski definition) is 1. The highest BCUT2D eigenvalue weighted by atomic mass is 16.3. The van der Waals surface area contributed by atoms with E-state index < -0.39 is 0 Å². The van der Waals surface area contributed by atoms with Gasteiger partial charge in [-0.25, -0.2) is 0 Å². The van der Waals surface area contributed by atoms with E-state index in [1.54, 1.807) is 4.90 Å². The van der Waals surface area contributed by atoms with E-state index in [1.165, 1.54) is 6.92 Å². The molecule has 0 aromatic carbocycles. The third-order valence-electron chi connectivity index (χ3n) is 1.61. The molecular weight excluding hydrogens is 142 g/mol. The Morgan fingerprint density at radius 1 is 1.55 bits per heavy atom. The zero-order valence-corrected chi connectivity index (χ0v) is 7.50. The van der Waals surface area contributed by atoms with E-state index in [0.29, 0.717) is 6.54 Å². The Morgan fingerprint density at radius 3 is 2.27 bits per heavy atom. The molecule has 1 heterocycles. The molecule has 0 saturated carbocycles. The van der Waals surface area contributed by atoms with Crippen LogP contribution in [0.1, 0.15) is 27.2 Å². The number of rotatable bonds is 0. The van der Waals surface area contributed by atoms with Gasteiger partial charge in [0.2, 0.25) is 5.91 Å². The predicted octanol–water partition coefficient (Wildman–Crippen LogP) is 0.626. The summed E-state index contributed by atoms with van der Waals surface area (Å²) in [6, 6.07) is 0. The molecule has 3 heteroatoms. The summed E-state index contributed by atoms with van der Waals surface area (Å²) in [5.41, 5.74) is 0. The molecule has 1 fully saturated rings. The summed E-state index contributed by atoms with van der Waals surface area (Å²) in [4.78, 5) is 12.3. The summed E-state index contributed by atoms with van der Waals surface area (Å²) in [6.07, 6.45) is 0.452. The van der Waals surface area contributed by atoms with E-state index in [1.807, 2.05) is 13.8 Å². The number of amides is 1. The molecule has 1 N–H and O–H groups in total. The van der Waals surface area contributed by atoms with Crippen molar-refractivity contribution in [2.24, 2.45) is 0 Å². The second-order valence-electron chi connectivity index (χ2n) is 2.41. The lowest BCUT2D eigenvalue weighted by Crippen LogP contribution is -2.26. The minimum atomic E-state index is -0.283. The van der Waals surface area contributed by atoms with Crippen LogP contribution in [0.5, 0.6) is 0 Å². The van der Waals surface area contributed by atoms with Gasteiger partial charge in [-0.05, 0) is 6.42 Å². The summed E-state index contributed by atoms with van der Waals surface area (Å²) in [5.74, 6) is 0.0616. The molecule has 0 unspecified atom stereocenters. The molecule has 0 radical (unpaired) electrons. The highest BCUT2D eigenvalue weighted by Crippen LogP contribution is 2.07. The normalized spacial score (nSPS) is 22.5. The van der Waals surface area contributed by atoms with Crippen LogP contribution in [-0.2, 0) is 4.79 Å². The van der Waals surface area contributed by atoms with Gasteiger partial charge in [0.15, 0.2) is 0 Å². The van der Waals surface area contributed by atoms with Crippen LogP contribution in [0.15, 0.2) is 0 Å². The van der Waals surface area contributed by atoms with Crippen molar-refractivity contribution >= 4 is 5.91 Å². The topological polar surface area (TPSA) is 40.5 Å². The Balaban J connectivity index is 0.000000461. The van der Waals surface area contributed by atoms with Crippen LogP contribution >= 0.6 is 0 Å². The first kappa shape index (κ1) is 10.4. The molecule has 1 aliphatic heterocycles. The summed E-state index contributed by atoms with van der Waals surface area (Å²) in [5, 5.41) is 8.95. The molecule has 66 valence electrons. The number of aliphatic hydroxyl groups excluding tert-OH is 1. The van der Waals surface area contributed by atoms with Crippen LogP contribution in [-0.4, -0.2) is 35.1 Å². The number of carbonyl (C=O) groups is 1. The van der Waals surface area contributed by atoms with Gasteiger partial charge in [0.05, 0.1) is 6.10 Å². The fraction of sp³-hybridized carbons (Fsp3) is 0.875. The van der Waals surface area contributed by atoms with Crippen LogP contribution in [0.3, 0.4) is 0 Å². The summed E-state index contributed by atoms with van der Waals surface area (Å²) in [7, 11) is 0. The monoisotopic (exact) mass is 159 g/mol. The van der Waals surface area contributed by atoms with Crippen molar-refractivity contribution in [3.63, 3.8) is 0 Å². The Bertz CT molecular complexity index is 125. The lowest BCUT2D eigenvalue weighted by Gasteiger charge is -2.10. The lowest BCUT2D eigenvalue weighted by atomic mass is 10.3. The predicted molar refractivity (Wildman–Crippen MR) is 44.2 cm³/mol. The van der Waals surface area contributed by atoms with Crippen LogP contribution in [0, 0.1) is 0 Å². The van der Waals surface area contributed by atoms with Crippen LogP contribution in [0.2, 0.25) is 0 Å². The maximum atomic E-state index is 10.6. The van der Waals surface area contributed by atoms with Crippen LogP contribution < -0.4 is 0 Å². The van der Waals surface area contributed by atoms with Gasteiger partial charge < -0.3 is 10.0 Å². The van der Waals surface area contributed by atoms with Crippen molar-refractivity contribution in [2.75, 3.05) is 13.1 Å². The van der Waals surface area contributed by atoms with Crippen molar-refractivity contribution in [2.45, 2.75) is 33.3 Å². The molecule has 1 saturated heterocycles. The van der Waals surface area contributed by atoms with E-state index in [-0.39, 0.29) is 12.0 Å². The molecule has 0 aromatic rings. The van der Waals surface area contributed by atoms with Crippen molar-refractivity contribution < 1.29 is 9.90 Å². The quantitative estimate of drug-likeness (QED) is 0.563. The van der Waals surface area contributed by atoms with Gasteiger partial charge >= 0.3 is 0 Å². The highest BCUT2D eigenvalue weighted by Gasteiger charge is 2.21. The highest BCUT2D eigenvalue weighted by molar-refractivity contribution is 5.73. The van der Waals surface area contributed by atoms with E-state index in [2.05, 4.69) is 0 Å². The molecular formula is C8H17NO2. The van der Waals surface area contributed by atoms with Crippen molar-refractivity contribution in [3.05, 3.63) is 0 Å². The average Bonchev–Trinajstić information content (AvgIpc) is 2.40. The molecule has 0 aromatic heterocycles. The van der Waals surface area contributed by atoms with Gasteiger partial charge in [-0.2, -0.15) is 0 Å². The molecule has 1 rings (SSSR count). The third-order valence-corrected chi connectivity index (χ3v) is 1.61. The van der Waals surface area contributed by atoms with Gasteiger partial charge in [0.25, 0.3) is 0 Å². The van der Waals surface area contributed by atoms with Crippen LogP contribution in [0.25, 0.3) is 0 Å². The smallest absolute Gasteiger partial charge is 0.219 e. The Morgan fingerprint density at radius 2 is 2.09 bits per heavy atom. The number of β-amino-alcohol motifs (C(OH)–C–C–N with tert-alkyl or cyclic N) is 1. The molecule has 1 aliphatic rings. The second-order valence-corrected chi connectivity index (χ2v) is 2.41. The second kappa shape index (κ2) is 5.13. The Labute approximate surface area is 68.0 Å². The Kier molecular flexibility index (Phi) is 4.86. The fourth-order valence-electron chi connectivity index (χ4n) is 1.03. The SMILES string of the molecule is CC.CC(=O)N1CC[C@H](O)C1. The minimum Gasteiger partial charge on any atom is -0.391 e. The largest absolute Gasteiger partial charge is 0.391 e. The average molecular weight is 159 g/mol. The molecule has 1 amide bonds. The molecule has 3 nitrogen and oxygen atoms in total. The number of hydrogen-bond acceptors (Lipinski definition) is 2. The molecule has 11 heavy (non-hydrogen) atoms. The van der Waals surface area contributed by atoms with E-state index in [0.717, 1.165) is 13.0 Å². The van der Waals surface area contributed by atoms with E-state index in [9.17, 15) is 4.79 Å². The fourth-order valence-corrected chi connectivity index (χ4v) is 1.03. The molecule has 0 aliphatic carbocycles. The summed E-state index contributed by atoms with van der Waals surface area (Å²) in [6.45, 7) is 6.77. The first-order valence-electron chi connectivity index (χ1n) is 4.13. The number of aliphatic hydroxyl groups is 1. The third kappa shape index (κ3) is 3.37. The van der Waals surface area contributed by atoms with Crippen molar-refractivity contribution in [3.8, 4) is 0 Å². The van der Waals surface area contributed by atoms with E-state index >= 15 is 0 Å². The van der Waals surface area contributed by atoms with Gasteiger partial charge in [-0.1, -0.05) is 13.8 Å². The van der Waals surface area contributed by atoms with Crippen molar-refractivity contribution in [1.29, 1.82) is 0 Å². The minimum absolute atomic E-state index is 0.0616. The van der Waals surface area contributed by atoms with Crippen LogP contribution in [0.4, 0.5) is 0 Å². The van der Waals surface area contributed by atoms with Gasteiger partial charge in [0, 0.05) is 20.0 Å². The maximum absolute atomic E-state index is 10.6. The summed E-state index contributed by atoms with van der Waals surface area (Å²) >= 11 is 0.